The lowest BCUT2D eigenvalue weighted by Crippen LogP contribution is -2.40. The summed E-state index contributed by atoms with van der Waals surface area (Å²) >= 11 is 12.0. The molecule has 0 fully saturated rings. The molecule has 0 spiro atoms. The van der Waals surface area contributed by atoms with Gasteiger partial charge in [-0.15, -0.1) is 0 Å². The molecule has 0 bridgehead atoms. The van der Waals surface area contributed by atoms with E-state index in [0.29, 0.717) is 22.2 Å². The highest BCUT2D eigenvalue weighted by atomic mass is 35.5. The molecular formula is C20H22Cl2FNO2. The van der Waals surface area contributed by atoms with E-state index in [-0.39, 0.29) is 17.8 Å². The monoisotopic (exact) mass is 397 g/mol. The van der Waals surface area contributed by atoms with E-state index in [1.54, 1.807) is 30.3 Å². The molecule has 6 heteroatoms. The summed E-state index contributed by atoms with van der Waals surface area (Å²) in [6.07, 6.45) is 1.42. The molecule has 3 nitrogen and oxygen atoms in total. The van der Waals surface area contributed by atoms with E-state index in [4.69, 9.17) is 27.9 Å². The summed E-state index contributed by atoms with van der Waals surface area (Å²) in [6, 6.07) is 10.8. The number of rotatable bonds is 8. The van der Waals surface area contributed by atoms with Crippen LogP contribution in [0.5, 0.6) is 5.75 Å². The average Bonchev–Trinajstić information content (AvgIpc) is 2.61. The molecule has 0 aromatic heterocycles. The number of hydrogen-bond acceptors (Lipinski definition) is 2. The van der Waals surface area contributed by atoms with Crippen molar-refractivity contribution in [1.82, 2.24) is 5.32 Å². The van der Waals surface area contributed by atoms with Gasteiger partial charge in [0.15, 0.2) is 6.10 Å². The van der Waals surface area contributed by atoms with E-state index >= 15 is 0 Å². The number of ether oxygens (including phenoxy) is 1. The van der Waals surface area contributed by atoms with Gasteiger partial charge in [-0.2, -0.15) is 0 Å². The highest BCUT2D eigenvalue weighted by Gasteiger charge is 2.23. The molecule has 140 valence electrons. The van der Waals surface area contributed by atoms with Gasteiger partial charge >= 0.3 is 0 Å². The Kier molecular flexibility index (Phi) is 7.73. The first-order valence-corrected chi connectivity index (χ1v) is 9.37. The van der Waals surface area contributed by atoms with Crippen molar-refractivity contribution in [2.24, 2.45) is 0 Å². The van der Waals surface area contributed by atoms with Crippen LogP contribution in [0.15, 0.2) is 42.5 Å². The minimum atomic E-state index is -0.687. The van der Waals surface area contributed by atoms with E-state index in [1.807, 2.05) is 13.8 Å². The molecule has 0 saturated carbocycles. The topological polar surface area (TPSA) is 38.3 Å². The van der Waals surface area contributed by atoms with Crippen molar-refractivity contribution in [3.8, 4) is 5.75 Å². The van der Waals surface area contributed by atoms with E-state index in [9.17, 15) is 9.18 Å². The van der Waals surface area contributed by atoms with Crippen LogP contribution in [0.4, 0.5) is 4.39 Å². The van der Waals surface area contributed by atoms with Crippen molar-refractivity contribution in [2.75, 3.05) is 0 Å². The first-order valence-electron chi connectivity index (χ1n) is 8.62. The molecule has 0 aliphatic rings. The highest BCUT2D eigenvalue weighted by molar-refractivity contribution is 6.35. The molecule has 2 unspecified atom stereocenters. The van der Waals surface area contributed by atoms with Crippen molar-refractivity contribution in [3.05, 3.63) is 63.9 Å². The SMILES string of the molecule is CCCC(NC(=O)C(CC)Oc1ccc(Cl)cc1Cl)c1ccc(F)cc1. The summed E-state index contributed by atoms with van der Waals surface area (Å²) in [7, 11) is 0. The van der Waals surface area contributed by atoms with Crippen LogP contribution in [0, 0.1) is 5.82 Å². The maximum absolute atomic E-state index is 13.2. The molecule has 0 radical (unpaired) electrons. The van der Waals surface area contributed by atoms with Crippen LogP contribution in [0.25, 0.3) is 0 Å². The molecule has 0 aliphatic heterocycles. The van der Waals surface area contributed by atoms with Crippen molar-refractivity contribution in [1.29, 1.82) is 0 Å². The van der Waals surface area contributed by atoms with Crippen LogP contribution in [0.1, 0.15) is 44.7 Å². The molecule has 0 aliphatic carbocycles. The smallest absolute Gasteiger partial charge is 0.261 e. The largest absolute Gasteiger partial charge is 0.479 e. The Morgan fingerprint density at radius 3 is 2.42 bits per heavy atom. The molecule has 2 atom stereocenters. The molecular weight excluding hydrogens is 376 g/mol. The fourth-order valence-corrected chi connectivity index (χ4v) is 3.07. The molecule has 0 heterocycles. The first-order chi connectivity index (χ1) is 12.4. The third kappa shape index (κ3) is 5.61. The number of halogens is 3. The third-order valence-corrected chi connectivity index (χ3v) is 4.52. The number of benzene rings is 2. The van der Waals surface area contributed by atoms with Gasteiger partial charge in [0.1, 0.15) is 11.6 Å². The van der Waals surface area contributed by atoms with Gasteiger partial charge in [-0.3, -0.25) is 4.79 Å². The Morgan fingerprint density at radius 2 is 1.85 bits per heavy atom. The van der Waals surface area contributed by atoms with E-state index in [2.05, 4.69) is 5.32 Å². The highest BCUT2D eigenvalue weighted by Crippen LogP contribution is 2.29. The number of carbonyl (C=O) groups is 1. The van der Waals surface area contributed by atoms with E-state index in [0.717, 1.165) is 18.4 Å². The average molecular weight is 398 g/mol. The zero-order chi connectivity index (χ0) is 19.1. The van der Waals surface area contributed by atoms with Crippen molar-refractivity contribution < 1.29 is 13.9 Å². The number of hydrogen-bond donors (Lipinski definition) is 1. The van der Waals surface area contributed by atoms with Crippen LogP contribution >= 0.6 is 23.2 Å². The lowest BCUT2D eigenvalue weighted by Gasteiger charge is -2.23. The first kappa shape index (κ1) is 20.5. The minimum Gasteiger partial charge on any atom is -0.479 e. The molecule has 26 heavy (non-hydrogen) atoms. The van der Waals surface area contributed by atoms with Crippen LogP contribution in [-0.2, 0) is 4.79 Å². The molecule has 2 rings (SSSR count). The summed E-state index contributed by atoms with van der Waals surface area (Å²) in [5.74, 6) is -0.129. The normalized spacial score (nSPS) is 13.1. The second-order valence-corrected chi connectivity index (χ2v) is 6.83. The number of amides is 1. The standard InChI is InChI=1S/C20H22Cl2FNO2/c1-3-5-17(13-6-9-15(23)10-7-13)24-20(25)18(4-2)26-19-11-8-14(21)12-16(19)22/h6-12,17-18H,3-5H2,1-2H3,(H,24,25). The van der Waals surface area contributed by atoms with Crippen LogP contribution < -0.4 is 10.1 Å². The zero-order valence-electron chi connectivity index (χ0n) is 14.8. The van der Waals surface area contributed by atoms with Gasteiger partial charge in [0, 0.05) is 5.02 Å². The molecule has 1 amide bonds. The van der Waals surface area contributed by atoms with Gasteiger partial charge in [0.25, 0.3) is 5.91 Å². The predicted octanol–water partition coefficient (Wildman–Crippen LogP) is 5.95. The fourth-order valence-electron chi connectivity index (χ4n) is 2.62. The molecule has 0 saturated heterocycles. The van der Waals surface area contributed by atoms with Gasteiger partial charge in [0.2, 0.25) is 0 Å². The maximum atomic E-state index is 13.2. The Labute approximate surface area is 163 Å². The zero-order valence-corrected chi connectivity index (χ0v) is 16.3. The van der Waals surface area contributed by atoms with Crippen LogP contribution in [0.3, 0.4) is 0 Å². The van der Waals surface area contributed by atoms with Gasteiger partial charge in [0.05, 0.1) is 11.1 Å². The van der Waals surface area contributed by atoms with Crippen LogP contribution in [-0.4, -0.2) is 12.0 Å². The number of nitrogens with one attached hydrogen (secondary N) is 1. The van der Waals surface area contributed by atoms with Gasteiger partial charge in [-0.05, 0) is 48.7 Å². The Hall–Kier alpha value is -1.78. The lowest BCUT2D eigenvalue weighted by molar-refractivity contribution is -0.129. The van der Waals surface area contributed by atoms with Gasteiger partial charge in [-0.1, -0.05) is 55.6 Å². The Bertz CT molecular complexity index is 737. The summed E-state index contributed by atoms with van der Waals surface area (Å²) in [5, 5.41) is 3.85. The molecule has 2 aromatic carbocycles. The summed E-state index contributed by atoms with van der Waals surface area (Å²) in [4.78, 5) is 12.7. The van der Waals surface area contributed by atoms with Crippen molar-refractivity contribution in [3.63, 3.8) is 0 Å². The van der Waals surface area contributed by atoms with E-state index < -0.39 is 6.10 Å². The second kappa shape index (κ2) is 9.79. The van der Waals surface area contributed by atoms with Crippen molar-refractivity contribution in [2.45, 2.75) is 45.3 Å². The maximum Gasteiger partial charge on any atom is 0.261 e. The van der Waals surface area contributed by atoms with E-state index in [1.165, 1.54) is 12.1 Å². The van der Waals surface area contributed by atoms with Gasteiger partial charge in [-0.25, -0.2) is 4.39 Å². The molecule has 1 N–H and O–H groups in total. The molecule has 2 aromatic rings. The van der Waals surface area contributed by atoms with Crippen LogP contribution in [0.2, 0.25) is 10.0 Å². The van der Waals surface area contributed by atoms with Gasteiger partial charge < -0.3 is 10.1 Å². The minimum absolute atomic E-state index is 0.202. The third-order valence-electron chi connectivity index (χ3n) is 3.99. The quantitative estimate of drug-likeness (QED) is 0.597. The van der Waals surface area contributed by atoms with Crippen molar-refractivity contribution >= 4 is 29.1 Å². The summed E-state index contributed by atoms with van der Waals surface area (Å²) in [5.41, 5.74) is 0.862. The Morgan fingerprint density at radius 1 is 1.15 bits per heavy atom. The summed E-state index contributed by atoms with van der Waals surface area (Å²) in [6.45, 7) is 3.89. The number of carbonyl (C=O) groups excluding carboxylic acids is 1. The predicted molar refractivity (Wildman–Crippen MR) is 103 cm³/mol. The lowest BCUT2D eigenvalue weighted by atomic mass is 10.0. The summed E-state index contributed by atoms with van der Waals surface area (Å²) < 4.78 is 18.9. The Balaban J connectivity index is 2.11. The second-order valence-electron chi connectivity index (χ2n) is 5.99. The fraction of sp³-hybridized carbons (Fsp3) is 0.350.